The summed E-state index contributed by atoms with van der Waals surface area (Å²) in [4.78, 5) is 28.9. The molecule has 1 N–H and O–H groups in total. The molecular weight excluding hydrogens is 532 g/mol. The normalized spacial score (nSPS) is 11.8. The lowest BCUT2D eigenvalue weighted by Crippen LogP contribution is -2.51. The molecule has 3 rings (SSSR count). The first kappa shape index (κ1) is 28.0. The number of hydrogen-bond donors (Lipinski definition) is 1. The fourth-order valence-electron chi connectivity index (χ4n) is 3.95. The Morgan fingerprint density at radius 2 is 1.61 bits per heavy atom. The molecule has 0 unspecified atom stereocenters. The third-order valence-corrected chi connectivity index (χ3v) is 7.26. The second kappa shape index (κ2) is 14.2. The minimum atomic E-state index is -0.600. The van der Waals surface area contributed by atoms with Gasteiger partial charge in [0.25, 0.3) is 0 Å². The zero-order valence-electron chi connectivity index (χ0n) is 21.2. The van der Waals surface area contributed by atoms with Crippen LogP contribution < -0.4 is 5.32 Å². The largest absolute Gasteiger partial charge is 0.354 e. The molecule has 0 heterocycles. The van der Waals surface area contributed by atoms with E-state index in [2.05, 4.69) is 60.2 Å². The maximum absolute atomic E-state index is 13.7. The lowest BCUT2D eigenvalue weighted by Gasteiger charge is -2.32. The molecular formula is C30H35BrN2O2S. The molecule has 36 heavy (non-hydrogen) atoms. The Morgan fingerprint density at radius 1 is 0.917 bits per heavy atom. The molecule has 0 aliphatic rings. The van der Waals surface area contributed by atoms with Crippen molar-refractivity contribution in [3.8, 4) is 0 Å². The van der Waals surface area contributed by atoms with Crippen LogP contribution in [0.3, 0.4) is 0 Å². The summed E-state index contributed by atoms with van der Waals surface area (Å²) in [6.45, 7) is 7.15. The second-order valence-electron chi connectivity index (χ2n) is 9.48. The van der Waals surface area contributed by atoms with Gasteiger partial charge >= 0.3 is 0 Å². The lowest BCUT2D eigenvalue weighted by atomic mass is 10.0. The predicted molar refractivity (Wildman–Crippen MR) is 154 cm³/mol. The van der Waals surface area contributed by atoms with E-state index in [-0.39, 0.29) is 11.8 Å². The third kappa shape index (κ3) is 9.14. The number of halogens is 1. The van der Waals surface area contributed by atoms with Crippen LogP contribution in [0.4, 0.5) is 0 Å². The third-order valence-electron chi connectivity index (χ3n) is 5.77. The van der Waals surface area contributed by atoms with E-state index in [1.54, 1.807) is 16.7 Å². The molecule has 3 aromatic rings. The number of carbonyl (C=O) groups excluding carboxylic acids is 2. The molecule has 0 radical (unpaired) electrons. The lowest BCUT2D eigenvalue weighted by molar-refractivity contribution is -0.139. The molecule has 0 aliphatic heterocycles. The number of thioether (sulfide) groups is 1. The van der Waals surface area contributed by atoms with Crippen LogP contribution in [-0.2, 0) is 28.3 Å². The molecule has 1 atom stereocenters. The predicted octanol–water partition coefficient (Wildman–Crippen LogP) is 6.40. The highest BCUT2D eigenvalue weighted by Crippen LogP contribution is 2.20. The van der Waals surface area contributed by atoms with Gasteiger partial charge in [-0.15, -0.1) is 11.8 Å². The molecule has 0 aliphatic carbocycles. The van der Waals surface area contributed by atoms with Gasteiger partial charge in [-0.1, -0.05) is 102 Å². The first-order valence-electron chi connectivity index (χ1n) is 12.3. The minimum absolute atomic E-state index is 0.0340. The second-order valence-corrected chi connectivity index (χ2v) is 11.4. The standard InChI is InChI=1S/C30H35BrN2O2S/c1-22(2)18-32-30(35)28(17-24-10-5-4-6-11-24)33(19-25-12-8-14-27(31)16-25)29(34)21-36-20-26-13-7-9-23(3)15-26/h4-16,22,28H,17-21H2,1-3H3,(H,32,35)/t28-/m1/s1. The molecule has 0 saturated heterocycles. The van der Waals surface area contributed by atoms with Crippen LogP contribution in [0.5, 0.6) is 0 Å². The van der Waals surface area contributed by atoms with Gasteiger partial charge in [0.2, 0.25) is 11.8 Å². The van der Waals surface area contributed by atoms with Gasteiger partial charge in [-0.05, 0) is 41.7 Å². The minimum Gasteiger partial charge on any atom is -0.354 e. The van der Waals surface area contributed by atoms with Crippen LogP contribution in [0.15, 0.2) is 83.3 Å². The fourth-order valence-corrected chi connectivity index (χ4v) is 5.25. The monoisotopic (exact) mass is 566 g/mol. The molecule has 0 bridgehead atoms. The molecule has 4 nitrogen and oxygen atoms in total. The van der Waals surface area contributed by atoms with Crippen molar-refractivity contribution in [2.24, 2.45) is 5.92 Å². The summed E-state index contributed by atoms with van der Waals surface area (Å²) in [6, 6.07) is 25.6. The topological polar surface area (TPSA) is 49.4 Å². The van der Waals surface area contributed by atoms with Crippen molar-refractivity contribution in [2.45, 2.75) is 45.5 Å². The average molecular weight is 568 g/mol. The Kier molecular flexibility index (Phi) is 11.1. The van der Waals surface area contributed by atoms with Crippen molar-refractivity contribution < 1.29 is 9.59 Å². The number of aryl methyl sites for hydroxylation is 1. The van der Waals surface area contributed by atoms with Crippen molar-refractivity contribution in [3.63, 3.8) is 0 Å². The molecule has 3 aromatic carbocycles. The van der Waals surface area contributed by atoms with Crippen molar-refractivity contribution in [2.75, 3.05) is 12.3 Å². The maximum atomic E-state index is 13.7. The van der Waals surface area contributed by atoms with Gasteiger partial charge in [0, 0.05) is 29.7 Å². The van der Waals surface area contributed by atoms with Crippen molar-refractivity contribution in [1.82, 2.24) is 10.2 Å². The Bertz CT molecular complexity index is 1140. The average Bonchev–Trinajstić information content (AvgIpc) is 2.85. The zero-order valence-corrected chi connectivity index (χ0v) is 23.6. The van der Waals surface area contributed by atoms with Gasteiger partial charge in [-0.3, -0.25) is 9.59 Å². The molecule has 0 aromatic heterocycles. The summed E-state index contributed by atoms with van der Waals surface area (Å²) < 4.78 is 0.949. The number of nitrogens with zero attached hydrogens (tertiary/aromatic N) is 1. The summed E-state index contributed by atoms with van der Waals surface area (Å²) in [5.74, 6) is 1.24. The number of rotatable bonds is 12. The molecule has 6 heteroatoms. The number of nitrogens with one attached hydrogen (secondary N) is 1. The summed E-state index contributed by atoms with van der Waals surface area (Å²) in [6.07, 6.45) is 0.465. The molecule has 0 fully saturated rings. The quantitative estimate of drug-likeness (QED) is 0.276. The van der Waals surface area contributed by atoms with Crippen LogP contribution in [-0.4, -0.2) is 35.1 Å². The van der Waals surface area contributed by atoms with Gasteiger partial charge < -0.3 is 10.2 Å². The molecule has 0 spiro atoms. The number of carbonyl (C=O) groups is 2. The van der Waals surface area contributed by atoms with E-state index in [9.17, 15) is 9.59 Å². The smallest absolute Gasteiger partial charge is 0.243 e. The Labute approximate surface area is 228 Å². The Morgan fingerprint density at radius 3 is 2.31 bits per heavy atom. The summed E-state index contributed by atoms with van der Waals surface area (Å²) >= 11 is 5.12. The van der Waals surface area contributed by atoms with Crippen molar-refractivity contribution in [1.29, 1.82) is 0 Å². The van der Waals surface area contributed by atoms with Crippen LogP contribution in [0.2, 0.25) is 0 Å². The first-order chi connectivity index (χ1) is 17.3. The van der Waals surface area contributed by atoms with Gasteiger partial charge in [-0.25, -0.2) is 0 Å². The van der Waals surface area contributed by atoms with E-state index in [1.807, 2.05) is 60.7 Å². The van der Waals surface area contributed by atoms with Gasteiger partial charge in [0.05, 0.1) is 5.75 Å². The highest BCUT2D eigenvalue weighted by atomic mass is 79.9. The molecule has 0 saturated carbocycles. The highest BCUT2D eigenvalue weighted by Gasteiger charge is 2.30. The van der Waals surface area contributed by atoms with E-state index in [0.29, 0.717) is 31.2 Å². The van der Waals surface area contributed by atoms with Gasteiger partial charge in [0.1, 0.15) is 6.04 Å². The molecule has 190 valence electrons. The van der Waals surface area contributed by atoms with E-state index in [0.717, 1.165) is 21.4 Å². The maximum Gasteiger partial charge on any atom is 0.243 e. The van der Waals surface area contributed by atoms with E-state index < -0.39 is 6.04 Å². The number of hydrogen-bond acceptors (Lipinski definition) is 3. The highest BCUT2D eigenvalue weighted by molar-refractivity contribution is 9.10. The van der Waals surface area contributed by atoms with Crippen LogP contribution in [0.1, 0.15) is 36.1 Å². The van der Waals surface area contributed by atoms with E-state index >= 15 is 0 Å². The van der Waals surface area contributed by atoms with E-state index in [4.69, 9.17) is 0 Å². The zero-order chi connectivity index (χ0) is 25.9. The Balaban J connectivity index is 1.84. The number of benzene rings is 3. The van der Waals surface area contributed by atoms with Crippen molar-refractivity contribution in [3.05, 3.63) is 106 Å². The summed E-state index contributed by atoms with van der Waals surface area (Å²) in [5.41, 5.74) is 4.42. The number of amides is 2. The fraction of sp³-hybridized carbons (Fsp3) is 0.333. The van der Waals surface area contributed by atoms with Gasteiger partial charge in [-0.2, -0.15) is 0 Å². The van der Waals surface area contributed by atoms with Crippen LogP contribution in [0.25, 0.3) is 0 Å². The first-order valence-corrected chi connectivity index (χ1v) is 14.3. The summed E-state index contributed by atoms with van der Waals surface area (Å²) in [5, 5.41) is 3.07. The van der Waals surface area contributed by atoms with Crippen molar-refractivity contribution >= 4 is 39.5 Å². The van der Waals surface area contributed by atoms with E-state index in [1.165, 1.54) is 11.1 Å². The van der Waals surface area contributed by atoms with Crippen LogP contribution in [0, 0.1) is 12.8 Å². The van der Waals surface area contributed by atoms with Crippen LogP contribution >= 0.6 is 27.7 Å². The Hall–Kier alpha value is -2.57. The SMILES string of the molecule is Cc1cccc(CSCC(=O)N(Cc2cccc(Br)c2)[C@H](Cc2ccccc2)C(=O)NCC(C)C)c1. The molecule has 2 amide bonds. The van der Waals surface area contributed by atoms with Gasteiger partial charge in [0.15, 0.2) is 0 Å². The summed E-state index contributed by atoms with van der Waals surface area (Å²) in [7, 11) is 0.